The van der Waals surface area contributed by atoms with Crippen molar-refractivity contribution in [1.29, 1.82) is 0 Å². The Hall–Kier alpha value is -2.63. The molecule has 2 aromatic carbocycles. The van der Waals surface area contributed by atoms with Gasteiger partial charge in [-0.05, 0) is 30.7 Å². The van der Waals surface area contributed by atoms with E-state index in [0.717, 1.165) is 11.1 Å². The number of ether oxygens (including phenoxy) is 1. The first kappa shape index (κ1) is 19.7. The van der Waals surface area contributed by atoms with Crippen LogP contribution >= 0.6 is 0 Å². The van der Waals surface area contributed by atoms with E-state index in [0.29, 0.717) is 17.8 Å². The van der Waals surface area contributed by atoms with Gasteiger partial charge in [0.2, 0.25) is 5.69 Å². The predicted molar refractivity (Wildman–Crippen MR) is 93.9 cm³/mol. The molecule has 0 aliphatic carbocycles. The van der Waals surface area contributed by atoms with Gasteiger partial charge in [-0.15, -0.1) is 17.7 Å². The molecule has 1 amide bonds. The lowest BCUT2D eigenvalue weighted by molar-refractivity contribution is -0.368. The largest absolute Gasteiger partial charge is 0.573 e. The Morgan fingerprint density at radius 2 is 1.73 bits per heavy atom. The van der Waals surface area contributed by atoms with Gasteiger partial charge in [0.05, 0.1) is 12.5 Å². The van der Waals surface area contributed by atoms with Crippen LogP contribution in [0.25, 0.3) is 0 Å². The molecule has 0 unspecified atom stereocenters. The normalized spacial score (nSPS) is 12.5. The summed E-state index contributed by atoms with van der Waals surface area (Å²) in [6.07, 6.45) is -4.00. The molecule has 0 saturated heterocycles. The summed E-state index contributed by atoms with van der Waals surface area (Å²) < 4.78 is 43.3. The van der Waals surface area contributed by atoms with E-state index in [1.807, 2.05) is 37.3 Å². The number of amides is 1. The van der Waals surface area contributed by atoms with Crippen molar-refractivity contribution >= 4 is 17.3 Å². The Morgan fingerprint density at radius 1 is 1.08 bits per heavy atom. The van der Waals surface area contributed by atoms with Crippen LogP contribution in [0.15, 0.2) is 48.5 Å². The second-order valence-electron chi connectivity index (χ2n) is 5.73. The second-order valence-corrected chi connectivity index (χ2v) is 5.73. The number of carbonyl (C=O) groups is 1. The molecule has 0 heterocycles. The maximum Gasteiger partial charge on any atom is 0.573 e. The zero-order valence-electron chi connectivity index (χ0n) is 14.9. The van der Waals surface area contributed by atoms with E-state index in [-0.39, 0.29) is 18.1 Å². The van der Waals surface area contributed by atoms with Gasteiger partial charge in [-0.2, -0.15) is 0 Å². The molecule has 0 aliphatic heterocycles. The SMILES string of the molecule is CCC(=O)[N+](=C(C)c1ccccc1)c1cc(OC(F)(F)F)ccc1CC. The average molecular weight is 364 g/mol. The Kier molecular flexibility index (Phi) is 6.18. The lowest BCUT2D eigenvalue weighted by atomic mass is 10.1. The summed E-state index contributed by atoms with van der Waals surface area (Å²) in [6, 6.07) is 13.4. The van der Waals surface area contributed by atoms with E-state index in [1.54, 1.807) is 19.9 Å². The van der Waals surface area contributed by atoms with Crippen molar-refractivity contribution in [1.82, 2.24) is 0 Å². The summed E-state index contributed by atoms with van der Waals surface area (Å²) in [4.78, 5) is 12.6. The highest BCUT2D eigenvalue weighted by molar-refractivity contribution is 5.98. The number of alkyl halides is 3. The fourth-order valence-corrected chi connectivity index (χ4v) is 2.72. The van der Waals surface area contributed by atoms with Crippen LogP contribution in [0.1, 0.15) is 38.3 Å². The first-order chi connectivity index (χ1) is 12.3. The monoisotopic (exact) mass is 364 g/mol. The molecule has 6 heteroatoms. The van der Waals surface area contributed by atoms with Crippen LogP contribution in [0.2, 0.25) is 0 Å². The van der Waals surface area contributed by atoms with Gasteiger partial charge in [0.15, 0.2) is 5.71 Å². The van der Waals surface area contributed by atoms with E-state index in [4.69, 9.17) is 0 Å². The molecule has 2 aromatic rings. The molecular formula is C20H21F3NO2+. The highest BCUT2D eigenvalue weighted by Crippen LogP contribution is 2.30. The molecule has 0 N–H and O–H groups in total. The predicted octanol–water partition coefficient (Wildman–Crippen LogP) is 5.24. The van der Waals surface area contributed by atoms with E-state index < -0.39 is 6.36 Å². The number of halogens is 3. The van der Waals surface area contributed by atoms with Crippen molar-refractivity contribution < 1.29 is 27.3 Å². The third kappa shape index (κ3) is 4.71. The van der Waals surface area contributed by atoms with Crippen LogP contribution in [0, 0.1) is 0 Å². The van der Waals surface area contributed by atoms with E-state index >= 15 is 0 Å². The van der Waals surface area contributed by atoms with Crippen molar-refractivity contribution in [2.75, 3.05) is 0 Å². The standard InChI is InChI=1S/C20H21F3NO2/c1-4-15-11-12-17(26-20(21,22)23)13-18(15)24(19(25)5-2)14(3)16-9-7-6-8-10-16/h6-13H,4-5H2,1-3H3/q+1. The maximum atomic E-state index is 12.6. The molecule has 3 nitrogen and oxygen atoms in total. The molecular weight excluding hydrogens is 343 g/mol. The molecule has 26 heavy (non-hydrogen) atoms. The van der Waals surface area contributed by atoms with Gasteiger partial charge >= 0.3 is 12.3 Å². The van der Waals surface area contributed by atoms with Crippen LogP contribution in [0.3, 0.4) is 0 Å². The van der Waals surface area contributed by atoms with Crippen molar-refractivity contribution in [3.63, 3.8) is 0 Å². The van der Waals surface area contributed by atoms with E-state index in [9.17, 15) is 18.0 Å². The number of nitrogens with zero attached hydrogens (tertiary/aromatic N) is 1. The molecule has 0 radical (unpaired) electrons. The smallest absolute Gasteiger partial charge is 0.406 e. The number of aryl methyl sites for hydroxylation is 1. The zero-order valence-corrected chi connectivity index (χ0v) is 14.9. The first-order valence-corrected chi connectivity index (χ1v) is 8.37. The summed E-state index contributed by atoms with van der Waals surface area (Å²) >= 11 is 0. The summed E-state index contributed by atoms with van der Waals surface area (Å²) in [5.41, 5.74) is 2.63. The summed E-state index contributed by atoms with van der Waals surface area (Å²) in [5, 5.41) is 0. The van der Waals surface area contributed by atoms with Crippen LogP contribution in [-0.4, -0.2) is 22.6 Å². The van der Waals surface area contributed by atoms with Gasteiger partial charge in [-0.3, -0.25) is 0 Å². The zero-order chi connectivity index (χ0) is 19.3. The van der Waals surface area contributed by atoms with Gasteiger partial charge in [-0.1, -0.05) is 32.0 Å². The Morgan fingerprint density at radius 3 is 2.27 bits per heavy atom. The molecule has 0 aliphatic rings. The van der Waals surface area contributed by atoms with Gasteiger partial charge in [0, 0.05) is 18.1 Å². The van der Waals surface area contributed by atoms with Crippen molar-refractivity contribution in [3.05, 3.63) is 59.7 Å². The van der Waals surface area contributed by atoms with Gasteiger partial charge in [0.25, 0.3) is 0 Å². The number of carbonyl (C=O) groups excluding carboxylic acids is 1. The fourth-order valence-electron chi connectivity index (χ4n) is 2.72. The van der Waals surface area contributed by atoms with Crippen LogP contribution < -0.4 is 4.74 Å². The van der Waals surface area contributed by atoms with Crippen molar-refractivity contribution in [3.8, 4) is 5.75 Å². The molecule has 0 spiro atoms. The molecule has 0 aromatic heterocycles. The number of benzene rings is 2. The topological polar surface area (TPSA) is 29.3 Å². The molecule has 2 rings (SSSR count). The van der Waals surface area contributed by atoms with E-state index in [1.165, 1.54) is 16.7 Å². The van der Waals surface area contributed by atoms with Crippen molar-refractivity contribution in [2.24, 2.45) is 0 Å². The number of hydrogen-bond donors (Lipinski definition) is 0. The summed E-state index contributed by atoms with van der Waals surface area (Å²) in [7, 11) is 0. The molecule has 0 saturated carbocycles. The fraction of sp³-hybridized carbons (Fsp3) is 0.300. The molecule has 0 atom stereocenters. The summed E-state index contributed by atoms with van der Waals surface area (Å²) in [6.45, 7) is 5.38. The Labute approximate surface area is 150 Å². The maximum absolute atomic E-state index is 12.6. The number of hydrogen-bond acceptors (Lipinski definition) is 2. The lowest BCUT2D eigenvalue weighted by Gasteiger charge is -2.12. The van der Waals surface area contributed by atoms with Gasteiger partial charge in [0.1, 0.15) is 5.75 Å². The highest BCUT2D eigenvalue weighted by Gasteiger charge is 2.33. The average Bonchev–Trinajstić information content (AvgIpc) is 2.61. The minimum Gasteiger partial charge on any atom is -0.406 e. The lowest BCUT2D eigenvalue weighted by Crippen LogP contribution is -2.24. The highest BCUT2D eigenvalue weighted by atomic mass is 19.4. The minimum atomic E-state index is -4.79. The van der Waals surface area contributed by atoms with Crippen LogP contribution in [0.5, 0.6) is 5.75 Å². The van der Waals surface area contributed by atoms with Crippen LogP contribution in [-0.2, 0) is 11.2 Å². The second kappa shape index (κ2) is 8.17. The quantitative estimate of drug-likeness (QED) is 0.536. The molecule has 0 fully saturated rings. The van der Waals surface area contributed by atoms with Crippen molar-refractivity contribution in [2.45, 2.75) is 40.0 Å². The van der Waals surface area contributed by atoms with Gasteiger partial charge in [-0.25, -0.2) is 4.79 Å². The Balaban J connectivity index is 2.68. The third-order valence-electron chi connectivity index (χ3n) is 3.99. The summed E-state index contributed by atoms with van der Waals surface area (Å²) in [5.74, 6) is -0.551. The third-order valence-corrected chi connectivity index (χ3v) is 3.99. The number of rotatable bonds is 5. The molecule has 138 valence electrons. The minimum absolute atomic E-state index is 0.204. The van der Waals surface area contributed by atoms with Crippen LogP contribution in [0.4, 0.5) is 18.9 Å². The van der Waals surface area contributed by atoms with E-state index in [2.05, 4.69) is 4.74 Å². The molecule has 0 bridgehead atoms. The first-order valence-electron chi connectivity index (χ1n) is 8.37. The van der Waals surface area contributed by atoms with Gasteiger partial charge < -0.3 is 4.74 Å². The Bertz CT molecular complexity index is 812.